The Morgan fingerprint density at radius 2 is 2.08 bits per heavy atom. The molecular formula is C19H20N4O2. The number of nitrogens with zero attached hydrogens (tertiary/aromatic N) is 2. The molecule has 0 atom stereocenters. The molecular weight excluding hydrogens is 316 g/mol. The van der Waals surface area contributed by atoms with E-state index >= 15 is 0 Å². The third kappa shape index (κ3) is 3.47. The van der Waals surface area contributed by atoms with Crippen molar-refractivity contribution >= 4 is 16.8 Å². The van der Waals surface area contributed by atoms with Crippen LogP contribution in [0.3, 0.4) is 0 Å². The highest BCUT2D eigenvalue weighted by molar-refractivity contribution is 5.88. The number of aromatic nitrogens is 3. The van der Waals surface area contributed by atoms with Crippen LogP contribution in [0, 0.1) is 0 Å². The van der Waals surface area contributed by atoms with Crippen LogP contribution >= 0.6 is 0 Å². The van der Waals surface area contributed by atoms with Crippen LogP contribution in [-0.2, 0) is 17.8 Å². The van der Waals surface area contributed by atoms with Crippen molar-refractivity contribution in [2.45, 2.75) is 31.7 Å². The van der Waals surface area contributed by atoms with Crippen molar-refractivity contribution < 1.29 is 4.79 Å². The highest BCUT2D eigenvalue weighted by Gasteiger charge is 2.25. The van der Waals surface area contributed by atoms with E-state index in [0.717, 1.165) is 35.0 Å². The number of aromatic amines is 1. The summed E-state index contributed by atoms with van der Waals surface area (Å²) in [6, 6.07) is 11.3. The monoisotopic (exact) mass is 336 g/mol. The van der Waals surface area contributed by atoms with Crippen molar-refractivity contribution in [3.8, 4) is 0 Å². The van der Waals surface area contributed by atoms with Gasteiger partial charge in [-0.1, -0.05) is 18.2 Å². The summed E-state index contributed by atoms with van der Waals surface area (Å²) >= 11 is 0. The fourth-order valence-corrected chi connectivity index (χ4v) is 3.04. The molecule has 1 amide bonds. The average molecular weight is 336 g/mol. The van der Waals surface area contributed by atoms with Crippen molar-refractivity contribution in [1.29, 1.82) is 0 Å². The van der Waals surface area contributed by atoms with Crippen LogP contribution in [-0.4, -0.2) is 27.2 Å². The highest BCUT2D eigenvalue weighted by atomic mass is 16.1. The van der Waals surface area contributed by atoms with Gasteiger partial charge in [0.1, 0.15) is 0 Å². The highest BCUT2D eigenvalue weighted by Crippen LogP contribution is 2.38. The van der Waals surface area contributed by atoms with Crippen LogP contribution in [0.1, 0.15) is 30.0 Å². The summed E-state index contributed by atoms with van der Waals surface area (Å²) < 4.78 is 1.44. The molecule has 1 saturated carbocycles. The predicted molar refractivity (Wildman–Crippen MR) is 95.5 cm³/mol. The Bertz CT molecular complexity index is 969. The molecule has 1 aliphatic rings. The summed E-state index contributed by atoms with van der Waals surface area (Å²) in [7, 11) is 0. The Balaban J connectivity index is 1.35. The van der Waals surface area contributed by atoms with Crippen molar-refractivity contribution in [3.63, 3.8) is 0 Å². The third-order valence-corrected chi connectivity index (χ3v) is 4.55. The number of hydrogen-bond acceptors (Lipinski definition) is 3. The molecule has 0 spiro atoms. The molecule has 25 heavy (non-hydrogen) atoms. The Morgan fingerprint density at radius 1 is 1.24 bits per heavy atom. The Kier molecular flexibility index (Phi) is 4.09. The largest absolute Gasteiger partial charge is 0.361 e. The number of fused-ring (bicyclic) bond motifs is 1. The number of hydrogen-bond donors (Lipinski definition) is 2. The molecule has 1 aromatic carbocycles. The molecule has 0 aliphatic heterocycles. The first kappa shape index (κ1) is 15.6. The molecule has 6 heteroatoms. The minimum Gasteiger partial charge on any atom is -0.361 e. The Hall–Kier alpha value is -2.89. The fraction of sp³-hybridized carbons (Fsp3) is 0.316. The predicted octanol–water partition coefficient (Wildman–Crippen LogP) is 1.96. The second-order valence-electron chi connectivity index (χ2n) is 6.48. The molecule has 0 saturated heterocycles. The molecule has 1 fully saturated rings. The summed E-state index contributed by atoms with van der Waals surface area (Å²) in [4.78, 5) is 27.2. The zero-order valence-electron chi connectivity index (χ0n) is 13.9. The number of nitrogens with one attached hydrogen (secondary N) is 2. The van der Waals surface area contributed by atoms with Gasteiger partial charge in [0.2, 0.25) is 5.91 Å². The van der Waals surface area contributed by atoms with E-state index < -0.39 is 0 Å². The molecule has 2 aromatic heterocycles. The maximum absolute atomic E-state index is 12.2. The number of amides is 1. The van der Waals surface area contributed by atoms with Gasteiger partial charge in [-0.25, -0.2) is 4.68 Å². The molecule has 0 bridgehead atoms. The van der Waals surface area contributed by atoms with Crippen molar-refractivity contribution in [1.82, 2.24) is 20.1 Å². The summed E-state index contributed by atoms with van der Waals surface area (Å²) in [6.07, 6.45) is 4.48. The van der Waals surface area contributed by atoms with E-state index in [-0.39, 0.29) is 11.5 Å². The van der Waals surface area contributed by atoms with Crippen molar-refractivity contribution in [3.05, 3.63) is 64.2 Å². The Morgan fingerprint density at radius 3 is 2.92 bits per heavy atom. The lowest BCUT2D eigenvalue weighted by atomic mass is 10.1. The van der Waals surface area contributed by atoms with E-state index in [9.17, 15) is 9.59 Å². The number of para-hydroxylation sites is 1. The molecule has 4 rings (SSSR count). The van der Waals surface area contributed by atoms with Gasteiger partial charge in [0.25, 0.3) is 5.56 Å². The van der Waals surface area contributed by atoms with E-state index in [2.05, 4.69) is 15.4 Å². The van der Waals surface area contributed by atoms with Gasteiger partial charge in [-0.3, -0.25) is 9.59 Å². The number of H-pyrrole nitrogens is 1. The van der Waals surface area contributed by atoms with Gasteiger partial charge in [-0.05, 0) is 30.5 Å². The van der Waals surface area contributed by atoms with Gasteiger partial charge in [-0.15, -0.1) is 0 Å². The zero-order chi connectivity index (χ0) is 17.2. The topological polar surface area (TPSA) is 79.8 Å². The Labute approximate surface area is 144 Å². The van der Waals surface area contributed by atoms with Crippen LogP contribution < -0.4 is 10.9 Å². The van der Waals surface area contributed by atoms with Gasteiger partial charge in [0, 0.05) is 35.6 Å². The molecule has 6 nitrogen and oxygen atoms in total. The molecule has 0 radical (unpaired) electrons. The lowest BCUT2D eigenvalue weighted by Crippen LogP contribution is -2.32. The van der Waals surface area contributed by atoms with E-state index in [1.807, 2.05) is 36.5 Å². The van der Waals surface area contributed by atoms with Gasteiger partial charge in [0.05, 0.1) is 18.7 Å². The summed E-state index contributed by atoms with van der Waals surface area (Å²) in [5.41, 5.74) is 2.84. The second-order valence-corrected chi connectivity index (χ2v) is 6.48. The number of rotatable bonds is 6. The minimum absolute atomic E-state index is 0.0591. The summed E-state index contributed by atoms with van der Waals surface area (Å²) in [6.45, 7) is 0.779. The van der Waals surface area contributed by atoms with Crippen LogP contribution in [0.15, 0.2) is 47.4 Å². The number of carbonyl (C=O) groups excluding carboxylic acids is 1. The first-order chi connectivity index (χ1) is 12.2. The average Bonchev–Trinajstić information content (AvgIpc) is 3.39. The van der Waals surface area contributed by atoms with E-state index in [1.165, 1.54) is 4.68 Å². The molecule has 2 N–H and O–H groups in total. The van der Waals surface area contributed by atoms with Gasteiger partial charge in [-0.2, -0.15) is 5.10 Å². The summed E-state index contributed by atoms with van der Waals surface area (Å²) in [5.74, 6) is 0.444. The molecule has 2 heterocycles. The van der Waals surface area contributed by atoms with Crippen LogP contribution in [0.4, 0.5) is 0 Å². The van der Waals surface area contributed by atoms with Crippen LogP contribution in [0.25, 0.3) is 10.9 Å². The van der Waals surface area contributed by atoms with Crippen LogP contribution in [0.5, 0.6) is 0 Å². The van der Waals surface area contributed by atoms with Crippen LogP contribution in [0.2, 0.25) is 0 Å². The van der Waals surface area contributed by atoms with Crippen molar-refractivity contribution in [2.24, 2.45) is 0 Å². The molecule has 1 aliphatic carbocycles. The zero-order valence-corrected chi connectivity index (χ0v) is 13.9. The maximum Gasteiger partial charge on any atom is 0.266 e. The van der Waals surface area contributed by atoms with Crippen molar-refractivity contribution in [2.75, 3.05) is 6.54 Å². The standard InChI is InChI=1S/C19H20N4O2/c24-18(11-14-12-21-17-4-2-1-3-15(14)17)20-9-10-23-19(25)8-7-16(22-23)13-5-6-13/h1-4,7-8,12-13,21H,5-6,9-11H2,(H,20,24). The van der Waals surface area contributed by atoms with Gasteiger partial charge < -0.3 is 10.3 Å². The quantitative estimate of drug-likeness (QED) is 0.722. The third-order valence-electron chi connectivity index (χ3n) is 4.55. The minimum atomic E-state index is -0.129. The fourth-order valence-electron chi connectivity index (χ4n) is 3.04. The first-order valence-electron chi connectivity index (χ1n) is 8.60. The lowest BCUT2D eigenvalue weighted by Gasteiger charge is -2.08. The smallest absolute Gasteiger partial charge is 0.266 e. The number of carbonyl (C=O) groups is 1. The first-order valence-corrected chi connectivity index (χ1v) is 8.60. The SMILES string of the molecule is O=C(Cc1c[nH]c2ccccc12)NCCn1nc(C2CC2)ccc1=O. The molecule has 3 aromatic rings. The maximum atomic E-state index is 12.2. The van der Waals surface area contributed by atoms with E-state index in [4.69, 9.17) is 0 Å². The number of benzene rings is 1. The molecule has 0 unspecified atom stereocenters. The molecule has 128 valence electrons. The van der Waals surface area contributed by atoms with E-state index in [0.29, 0.717) is 25.4 Å². The van der Waals surface area contributed by atoms with E-state index in [1.54, 1.807) is 6.07 Å². The lowest BCUT2D eigenvalue weighted by molar-refractivity contribution is -0.120. The van der Waals surface area contributed by atoms with Gasteiger partial charge >= 0.3 is 0 Å². The van der Waals surface area contributed by atoms with Gasteiger partial charge in [0.15, 0.2) is 0 Å². The normalized spacial score (nSPS) is 13.9. The summed E-state index contributed by atoms with van der Waals surface area (Å²) in [5, 5.41) is 8.33. The second kappa shape index (κ2) is 6.55.